The molecule has 0 bridgehead atoms. The molecule has 0 aliphatic heterocycles. The molecular weight excluding hydrogens is 338 g/mol. The average Bonchev–Trinajstić information content (AvgIpc) is 3.18. The highest BCUT2D eigenvalue weighted by Crippen LogP contribution is 2.28. The van der Waals surface area contributed by atoms with E-state index in [1.807, 2.05) is 13.8 Å². The number of nitrogens with one attached hydrogen (secondary N) is 1. The maximum atomic E-state index is 12.4. The zero-order chi connectivity index (χ0) is 17.1. The van der Waals surface area contributed by atoms with Crippen LogP contribution in [0.25, 0.3) is 10.6 Å². The summed E-state index contributed by atoms with van der Waals surface area (Å²) in [7, 11) is 0. The van der Waals surface area contributed by atoms with E-state index in [4.69, 9.17) is 0 Å². The minimum Gasteiger partial charge on any atom is -0.346 e. The van der Waals surface area contributed by atoms with E-state index in [1.54, 1.807) is 17.5 Å². The fourth-order valence-corrected chi connectivity index (χ4v) is 4.07. The van der Waals surface area contributed by atoms with E-state index in [2.05, 4.69) is 46.5 Å². The van der Waals surface area contributed by atoms with Crippen molar-refractivity contribution in [1.29, 1.82) is 0 Å². The molecule has 24 heavy (non-hydrogen) atoms. The third-order valence-electron chi connectivity index (χ3n) is 3.70. The van der Waals surface area contributed by atoms with Crippen molar-refractivity contribution in [2.45, 2.75) is 33.7 Å². The van der Waals surface area contributed by atoms with Crippen LogP contribution in [0.1, 0.15) is 37.7 Å². The lowest BCUT2D eigenvalue weighted by atomic mass is 10.1. The number of aromatic nitrogens is 2. The number of rotatable bonds is 5. The second-order valence-corrected chi connectivity index (χ2v) is 7.83. The van der Waals surface area contributed by atoms with Crippen molar-refractivity contribution in [1.82, 2.24) is 15.3 Å². The van der Waals surface area contributed by atoms with Crippen LogP contribution < -0.4 is 5.32 Å². The molecule has 0 aliphatic rings. The first-order valence-electron chi connectivity index (χ1n) is 7.83. The van der Waals surface area contributed by atoms with Crippen LogP contribution in [0.2, 0.25) is 0 Å². The van der Waals surface area contributed by atoms with Gasteiger partial charge in [0.15, 0.2) is 0 Å². The normalized spacial score (nSPS) is 10.8. The van der Waals surface area contributed by atoms with E-state index in [-0.39, 0.29) is 5.91 Å². The first kappa shape index (κ1) is 16.8. The Balaban J connectivity index is 1.73. The Morgan fingerprint density at radius 2 is 1.92 bits per heavy atom. The molecule has 3 aromatic rings. The number of hydrogen-bond acceptors (Lipinski definition) is 5. The van der Waals surface area contributed by atoms with Gasteiger partial charge in [0, 0.05) is 16.6 Å². The Hall–Kier alpha value is -2.05. The molecular formula is C18H19N3OS2. The molecule has 0 unspecified atom stereocenters. The number of aryl methyl sites for hydroxylation is 3. The largest absolute Gasteiger partial charge is 0.346 e. The summed E-state index contributed by atoms with van der Waals surface area (Å²) in [4.78, 5) is 22.9. The SMILES string of the molecule is CCc1ccc(-c2nc(C)c(C(=O)NCc3cnc(C)s3)s2)cc1. The molecule has 2 heterocycles. The lowest BCUT2D eigenvalue weighted by Gasteiger charge is -2.01. The topological polar surface area (TPSA) is 54.9 Å². The smallest absolute Gasteiger partial charge is 0.263 e. The molecule has 0 radical (unpaired) electrons. The number of thiazole rings is 2. The van der Waals surface area contributed by atoms with Crippen LogP contribution in [-0.4, -0.2) is 15.9 Å². The van der Waals surface area contributed by atoms with Crippen molar-refractivity contribution >= 4 is 28.6 Å². The molecule has 0 saturated carbocycles. The Kier molecular flexibility index (Phi) is 5.06. The van der Waals surface area contributed by atoms with Crippen LogP contribution in [-0.2, 0) is 13.0 Å². The Morgan fingerprint density at radius 1 is 1.17 bits per heavy atom. The van der Waals surface area contributed by atoms with Crippen LogP contribution in [0.3, 0.4) is 0 Å². The highest BCUT2D eigenvalue weighted by Gasteiger charge is 2.16. The summed E-state index contributed by atoms with van der Waals surface area (Å²) in [5.41, 5.74) is 3.12. The summed E-state index contributed by atoms with van der Waals surface area (Å²) in [5.74, 6) is -0.0764. The monoisotopic (exact) mass is 357 g/mol. The standard InChI is InChI=1S/C18H19N3OS2/c1-4-13-5-7-14(8-6-13)18-21-11(2)16(24-18)17(22)20-10-15-9-19-12(3)23-15/h5-9H,4,10H2,1-3H3,(H,20,22). The fourth-order valence-electron chi connectivity index (χ4n) is 2.35. The molecule has 1 amide bonds. The molecule has 124 valence electrons. The van der Waals surface area contributed by atoms with Gasteiger partial charge in [-0.1, -0.05) is 31.2 Å². The van der Waals surface area contributed by atoms with Gasteiger partial charge in [-0.15, -0.1) is 22.7 Å². The van der Waals surface area contributed by atoms with Crippen LogP contribution in [0.4, 0.5) is 0 Å². The predicted molar refractivity (Wildman–Crippen MR) is 99.7 cm³/mol. The quantitative estimate of drug-likeness (QED) is 0.737. The molecule has 6 heteroatoms. The zero-order valence-corrected chi connectivity index (χ0v) is 15.6. The number of amides is 1. The molecule has 1 N–H and O–H groups in total. The van der Waals surface area contributed by atoms with Crippen molar-refractivity contribution < 1.29 is 4.79 Å². The van der Waals surface area contributed by atoms with E-state index in [0.29, 0.717) is 11.4 Å². The van der Waals surface area contributed by atoms with Gasteiger partial charge in [-0.2, -0.15) is 0 Å². The average molecular weight is 358 g/mol. The molecule has 0 saturated heterocycles. The second-order valence-electron chi connectivity index (χ2n) is 5.51. The molecule has 0 atom stereocenters. The van der Waals surface area contributed by atoms with Crippen molar-refractivity contribution in [3.63, 3.8) is 0 Å². The summed E-state index contributed by atoms with van der Waals surface area (Å²) in [6, 6.07) is 8.35. The van der Waals surface area contributed by atoms with E-state index in [0.717, 1.165) is 32.6 Å². The molecule has 1 aromatic carbocycles. The van der Waals surface area contributed by atoms with Gasteiger partial charge in [0.05, 0.1) is 17.2 Å². The summed E-state index contributed by atoms with van der Waals surface area (Å²) in [6.45, 7) is 6.48. The Bertz CT molecular complexity index is 850. The summed E-state index contributed by atoms with van der Waals surface area (Å²) in [5, 5.41) is 4.84. The van der Waals surface area contributed by atoms with E-state index < -0.39 is 0 Å². The van der Waals surface area contributed by atoms with E-state index >= 15 is 0 Å². The van der Waals surface area contributed by atoms with Crippen LogP contribution in [0.5, 0.6) is 0 Å². The second kappa shape index (κ2) is 7.23. The highest BCUT2D eigenvalue weighted by atomic mass is 32.1. The van der Waals surface area contributed by atoms with Gasteiger partial charge in [0.25, 0.3) is 5.91 Å². The maximum Gasteiger partial charge on any atom is 0.263 e. The highest BCUT2D eigenvalue weighted by molar-refractivity contribution is 7.17. The maximum absolute atomic E-state index is 12.4. The number of hydrogen-bond donors (Lipinski definition) is 1. The van der Waals surface area contributed by atoms with Crippen molar-refractivity contribution in [3.05, 3.63) is 56.5 Å². The van der Waals surface area contributed by atoms with Gasteiger partial charge in [-0.05, 0) is 25.8 Å². The van der Waals surface area contributed by atoms with Crippen LogP contribution in [0, 0.1) is 13.8 Å². The summed E-state index contributed by atoms with van der Waals surface area (Å²) >= 11 is 3.04. The minimum atomic E-state index is -0.0764. The third-order valence-corrected chi connectivity index (χ3v) is 5.82. The predicted octanol–water partition coefficient (Wildman–Crippen LogP) is 4.38. The Labute approximate surface area is 149 Å². The molecule has 0 spiro atoms. The molecule has 3 rings (SSSR count). The van der Waals surface area contributed by atoms with Crippen LogP contribution >= 0.6 is 22.7 Å². The fraction of sp³-hybridized carbons (Fsp3) is 0.278. The van der Waals surface area contributed by atoms with E-state index in [9.17, 15) is 4.79 Å². The lowest BCUT2D eigenvalue weighted by molar-refractivity contribution is 0.0954. The van der Waals surface area contributed by atoms with Crippen molar-refractivity contribution in [2.75, 3.05) is 0 Å². The zero-order valence-electron chi connectivity index (χ0n) is 13.9. The van der Waals surface area contributed by atoms with Gasteiger partial charge in [0.2, 0.25) is 0 Å². The van der Waals surface area contributed by atoms with E-state index in [1.165, 1.54) is 16.9 Å². The van der Waals surface area contributed by atoms with Gasteiger partial charge in [-0.25, -0.2) is 9.97 Å². The first-order valence-corrected chi connectivity index (χ1v) is 9.46. The number of benzene rings is 1. The van der Waals surface area contributed by atoms with Gasteiger partial charge < -0.3 is 5.32 Å². The molecule has 0 fully saturated rings. The number of nitrogens with zero attached hydrogens (tertiary/aromatic N) is 2. The molecule has 0 aliphatic carbocycles. The van der Waals surface area contributed by atoms with Crippen molar-refractivity contribution in [2.24, 2.45) is 0 Å². The third kappa shape index (κ3) is 3.71. The number of carbonyl (C=O) groups excluding carboxylic acids is 1. The summed E-state index contributed by atoms with van der Waals surface area (Å²) < 4.78 is 0. The Morgan fingerprint density at radius 3 is 2.54 bits per heavy atom. The molecule has 4 nitrogen and oxygen atoms in total. The van der Waals surface area contributed by atoms with Gasteiger partial charge >= 0.3 is 0 Å². The lowest BCUT2D eigenvalue weighted by Crippen LogP contribution is -2.22. The number of carbonyl (C=O) groups is 1. The van der Waals surface area contributed by atoms with Gasteiger partial charge in [0.1, 0.15) is 9.88 Å². The van der Waals surface area contributed by atoms with Gasteiger partial charge in [-0.3, -0.25) is 4.79 Å². The minimum absolute atomic E-state index is 0.0764. The first-order chi connectivity index (χ1) is 11.6. The van der Waals surface area contributed by atoms with Crippen LogP contribution in [0.15, 0.2) is 30.5 Å². The molecule has 2 aromatic heterocycles. The van der Waals surface area contributed by atoms with Crippen molar-refractivity contribution in [3.8, 4) is 10.6 Å². The summed E-state index contributed by atoms with van der Waals surface area (Å²) in [6.07, 6.45) is 2.82.